The molecule has 3 nitrogen and oxygen atoms in total. The van der Waals surface area contributed by atoms with E-state index < -0.39 is 0 Å². The van der Waals surface area contributed by atoms with Gasteiger partial charge < -0.3 is 5.32 Å². The van der Waals surface area contributed by atoms with Crippen molar-refractivity contribution in [2.45, 2.75) is 33.2 Å². The van der Waals surface area contributed by atoms with Crippen molar-refractivity contribution in [3.63, 3.8) is 0 Å². The largest absolute Gasteiger partial charge is 0.326 e. The molecule has 1 N–H and O–H groups in total. The SMILES string of the molecule is Cc1cccc(NC(=O)C2CCCN(Cc3ccc(Cl)cc3)C2)c1C. The van der Waals surface area contributed by atoms with Gasteiger partial charge in [0.2, 0.25) is 5.91 Å². The van der Waals surface area contributed by atoms with Crippen LogP contribution in [-0.2, 0) is 11.3 Å². The van der Waals surface area contributed by atoms with Crippen LogP contribution in [0.1, 0.15) is 29.5 Å². The first kappa shape index (κ1) is 18.0. The molecule has 0 saturated carbocycles. The highest BCUT2D eigenvalue weighted by atomic mass is 35.5. The summed E-state index contributed by atoms with van der Waals surface area (Å²) in [4.78, 5) is 15.1. The molecule has 1 heterocycles. The Balaban J connectivity index is 1.61. The maximum absolute atomic E-state index is 12.7. The monoisotopic (exact) mass is 356 g/mol. The van der Waals surface area contributed by atoms with Gasteiger partial charge >= 0.3 is 0 Å². The van der Waals surface area contributed by atoms with Gasteiger partial charge in [0.05, 0.1) is 5.92 Å². The molecule has 0 aliphatic carbocycles. The number of nitrogens with one attached hydrogen (secondary N) is 1. The van der Waals surface area contributed by atoms with Gasteiger partial charge in [-0.2, -0.15) is 0 Å². The van der Waals surface area contributed by atoms with Gasteiger partial charge in [0.25, 0.3) is 0 Å². The molecular weight excluding hydrogens is 332 g/mol. The zero-order valence-electron chi connectivity index (χ0n) is 14.9. The number of likely N-dealkylation sites (tertiary alicyclic amines) is 1. The highest BCUT2D eigenvalue weighted by Crippen LogP contribution is 2.23. The van der Waals surface area contributed by atoms with E-state index in [4.69, 9.17) is 11.6 Å². The van der Waals surface area contributed by atoms with Crippen LogP contribution in [0.5, 0.6) is 0 Å². The molecule has 1 amide bonds. The van der Waals surface area contributed by atoms with E-state index in [1.807, 2.05) is 24.3 Å². The number of amides is 1. The number of anilines is 1. The lowest BCUT2D eigenvalue weighted by atomic mass is 9.96. The van der Waals surface area contributed by atoms with Crippen molar-refractivity contribution in [2.75, 3.05) is 18.4 Å². The van der Waals surface area contributed by atoms with Crippen molar-refractivity contribution >= 4 is 23.2 Å². The summed E-state index contributed by atoms with van der Waals surface area (Å²) in [6.45, 7) is 6.83. The van der Waals surface area contributed by atoms with Crippen molar-refractivity contribution < 1.29 is 4.79 Å². The fourth-order valence-corrected chi connectivity index (χ4v) is 3.51. The lowest BCUT2D eigenvalue weighted by Crippen LogP contribution is -2.40. The molecule has 1 saturated heterocycles. The number of hydrogen-bond acceptors (Lipinski definition) is 2. The Bertz CT molecular complexity index is 742. The zero-order chi connectivity index (χ0) is 17.8. The highest BCUT2D eigenvalue weighted by Gasteiger charge is 2.26. The van der Waals surface area contributed by atoms with Gasteiger partial charge in [-0.05, 0) is 68.1 Å². The second-order valence-electron chi connectivity index (χ2n) is 6.94. The van der Waals surface area contributed by atoms with Crippen LogP contribution in [0.2, 0.25) is 5.02 Å². The quantitative estimate of drug-likeness (QED) is 0.852. The van der Waals surface area contributed by atoms with E-state index in [1.54, 1.807) is 0 Å². The average molecular weight is 357 g/mol. The lowest BCUT2D eigenvalue weighted by molar-refractivity contribution is -0.121. The Labute approximate surface area is 155 Å². The fraction of sp³-hybridized carbons (Fsp3) is 0.381. The van der Waals surface area contributed by atoms with Gasteiger partial charge in [-0.15, -0.1) is 0 Å². The van der Waals surface area contributed by atoms with E-state index in [0.29, 0.717) is 0 Å². The molecule has 0 radical (unpaired) electrons. The van der Waals surface area contributed by atoms with Gasteiger partial charge in [-0.25, -0.2) is 0 Å². The predicted molar refractivity (Wildman–Crippen MR) is 104 cm³/mol. The molecule has 0 bridgehead atoms. The Kier molecular flexibility index (Phi) is 5.77. The van der Waals surface area contributed by atoms with Crippen LogP contribution in [0.15, 0.2) is 42.5 Å². The normalized spacial score (nSPS) is 18.1. The third kappa shape index (κ3) is 4.62. The standard InChI is InChI=1S/C21H25ClN2O/c1-15-5-3-7-20(16(15)2)23-21(25)18-6-4-12-24(14-18)13-17-8-10-19(22)11-9-17/h3,5,7-11,18H,4,6,12-14H2,1-2H3,(H,23,25). The van der Waals surface area contributed by atoms with Crippen molar-refractivity contribution in [1.82, 2.24) is 4.90 Å². The molecule has 1 aliphatic heterocycles. The molecule has 4 heteroatoms. The molecule has 1 atom stereocenters. The zero-order valence-corrected chi connectivity index (χ0v) is 15.6. The lowest BCUT2D eigenvalue weighted by Gasteiger charge is -2.32. The summed E-state index contributed by atoms with van der Waals surface area (Å²) in [6, 6.07) is 14.0. The van der Waals surface area contributed by atoms with Gasteiger partial charge in [0.15, 0.2) is 0 Å². The number of rotatable bonds is 4. The van der Waals surface area contributed by atoms with E-state index in [0.717, 1.165) is 48.7 Å². The van der Waals surface area contributed by atoms with Crippen LogP contribution in [0.25, 0.3) is 0 Å². The number of aryl methyl sites for hydroxylation is 1. The Morgan fingerprint density at radius 1 is 1.20 bits per heavy atom. The van der Waals surface area contributed by atoms with Crippen LogP contribution in [0, 0.1) is 19.8 Å². The Morgan fingerprint density at radius 2 is 1.96 bits per heavy atom. The molecular formula is C21H25ClN2O. The third-order valence-electron chi connectivity index (χ3n) is 5.06. The van der Waals surface area contributed by atoms with Crippen LogP contribution >= 0.6 is 11.6 Å². The van der Waals surface area contributed by atoms with Crippen molar-refractivity contribution in [1.29, 1.82) is 0 Å². The van der Waals surface area contributed by atoms with Crippen molar-refractivity contribution in [3.05, 3.63) is 64.2 Å². The summed E-state index contributed by atoms with van der Waals surface area (Å²) in [5, 5.41) is 3.89. The summed E-state index contributed by atoms with van der Waals surface area (Å²) >= 11 is 5.95. The minimum Gasteiger partial charge on any atom is -0.326 e. The number of hydrogen-bond donors (Lipinski definition) is 1. The van der Waals surface area contributed by atoms with Crippen LogP contribution < -0.4 is 5.32 Å². The van der Waals surface area contributed by atoms with Crippen LogP contribution in [0.3, 0.4) is 0 Å². The summed E-state index contributed by atoms with van der Waals surface area (Å²) in [7, 11) is 0. The first-order valence-corrected chi connectivity index (χ1v) is 9.24. The minimum atomic E-state index is 0.0426. The van der Waals surface area contributed by atoms with Gasteiger partial charge in [0, 0.05) is 23.8 Å². The molecule has 2 aromatic rings. The third-order valence-corrected chi connectivity index (χ3v) is 5.31. The first-order valence-electron chi connectivity index (χ1n) is 8.87. The Hall–Kier alpha value is -1.84. The smallest absolute Gasteiger partial charge is 0.228 e. The highest BCUT2D eigenvalue weighted by molar-refractivity contribution is 6.30. The molecule has 1 aliphatic rings. The summed E-state index contributed by atoms with van der Waals surface area (Å²) < 4.78 is 0. The predicted octanol–water partition coefficient (Wildman–Crippen LogP) is 4.81. The summed E-state index contributed by atoms with van der Waals surface area (Å²) in [5.74, 6) is 0.176. The van der Waals surface area contributed by atoms with E-state index >= 15 is 0 Å². The number of nitrogens with zero attached hydrogens (tertiary/aromatic N) is 1. The molecule has 0 spiro atoms. The second-order valence-corrected chi connectivity index (χ2v) is 7.37. The molecule has 1 fully saturated rings. The fourth-order valence-electron chi connectivity index (χ4n) is 3.38. The van der Waals surface area contributed by atoms with E-state index in [1.165, 1.54) is 11.1 Å². The van der Waals surface area contributed by atoms with Crippen molar-refractivity contribution in [3.8, 4) is 0 Å². The van der Waals surface area contributed by atoms with Gasteiger partial charge in [-0.3, -0.25) is 9.69 Å². The molecule has 132 valence electrons. The van der Waals surface area contributed by atoms with E-state index in [-0.39, 0.29) is 11.8 Å². The van der Waals surface area contributed by atoms with Gasteiger partial charge in [0.1, 0.15) is 0 Å². The van der Waals surface area contributed by atoms with Crippen LogP contribution in [0.4, 0.5) is 5.69 Å². The molecule has 25 heavy (non-hydrogen) atoms. The number of benzene rings is 2. The maximum Gasteiger partial charge on any atom is 0.228 e. The van der Waals surface area contributed by atoms with Gasteiger partial charge in [-0.1, -0.05) is 35.9 Å². The van der Waals surface area contributed by atoms with E-state index in [2.05, 4.69) is 42.3 Å². The second kappa shape index (κ2) is 8.03. The Morgan fingerprint density at radius 3 is 2.72 bits per heavy atom. The van der Waals surface area contributed by atoms with Crippen LogP contribution in [-0.4, -0.2) is 23.9 Å². The molecule has 1 unspecified atom stereocenters. The molecule has 0 aromatic heterocycles. The van der Waals surface area contributed by atoms with Crippen molar-refractivity contribution in [2.24, 2.45) is 5.92 Å². The number of halogens is 1. The topological polar surface area (TPSA) is 32.3 Å². The van der Waals surface area contributed by atoms with E-state index in [9.17, 15) is 4.79 Å². The first-order chi connectivity index (χ1) is 12.0. The molecule has 2 aromatic carbocycles. The summed E-state index contributed by atoms with van der Waals surface area (Å²) in [5.41, 5.74) is 4.51. The maximum atomic E-state index is 12.7. The number of carbonyl (C=O) groups excluding carboxylic acids is 1. The number of piperidine rings is 1. The average Bonchev–Trinajstić information content (AvgIpc) is 2.61. The molecule has 3 rings (SSSR count). The minimum absolute atomic E-state index is 0.0426. The number of carbonyl (C=O) groups is 1. The summed E-state index contributed by atoms with van der Waals surface area (Å²) in [6.07, 6.45) is 2.01.